The van der Waals surface area contributed by atoms with Crippen LogP contribution < -0.4 is 9.47 Å². The zero-order chi connectivity index (χ0) is 22.3. The number of nitrogens with zero attached hydrogens (tertiary/aromatic N) is 3. The second-order valence-electron chi connectivity index (χ2n) is 7.25. The van der Waals surface area contributed by atoms with Crippen LogP contribution in [0, 0.1) is 11.6 Å². The molecule has 1 amide bonds. The van der Waals surface area contributed by atoms with Gasteiger partial charge in [0.15, 0.2) is 0 Å². The Balaban J connectivity index is 1.74. The Bertz CT molecular complexity index is 1160. The number of β-amino-alcohol motifs (C(OH)–C–C–N with tert-alkyl or cyclic N) is 1. The van der Waals surface area contributed by atoms with Crippen LogP contribution in [0.25, 0.3) is 11.3 Å². The average molecular weight is 429 g/mol. The first-order chi connectivity index (χ1) is 14.8. The van der Waals surface area contributed by atoms with E-state index in [-0.39, 0.29) is 29.9 Å². The van der Waals surface area contributed by atoms with E-state index >= 15 is 0 Å². The van der Waals surface area contributed by atoms with E-state index in [4.69, 9.17) is 9.47 Å². The molecule has 0 spiro atoms. The van der Waals surface area contributed by atoms with Crippen molar-refractivity contribution in [2.45, 2.75) is 12.6 Å². The van der Waals surface area contributed by atoms with Gasteiger partial charge in [0.1, 0.15) is 34.9 Å². The van der Waals surface area contributed by atoms with E-state index in [2.05, 4.69) is 5.10 Å². The van der Waals surface area contributed by atoms with Crippen molar-refractivity contribution in [1.29, 1.82) is 0 Å². The number of aryl methyl sites for hydroxylation is 1. The van der Waals surface area contributed by atoms with Crippen molar-refractivity contribution in [3.8, 4) is 22.8 Å². The van der Waals surface area contributed by atoms with Crippen LogP contribution in [-0.2, 0) is 13.6 Å². The van der Waals surface area contributed by atoms with Crippen molar-refractivity contribution in [1.82, 2.24) is 14.7 Å². The smallest absolute Gasteiger partial charge is 0.258 e. The minimum absolute atomic E-state index is 0.00952. The number of aliphatic hydroxyl groups excluding tert-OH is 1. The highest BCUT2D eigenvalue weighted by Crippen LogP contribution is 2.40. The van der Waals surface area contributed by atoms with Crippen LogP contribution >= 0.6 is 0 Å². The van der Waals surface area contributed by atoms with Gasteiger partial charge in [-0.05, 0) is 24.3 Å². The monoisotopic (exact) mass is 429 g/mol. The van der Waals surface area contributed by atoms with Crippen molar-refractivity contribution >= 4 is 5.91 Å². The van der Waals surface area contributed by atoms with Crippen LogP contribution in [0.3, 0.4) is 0 Å². The number of aromatic nitrogens is 2. The van der Waals surface area contributed by atoms with Crippen LogP contribution in [-0.4, -0.2) is 46.5 Å². The number of rotatable bonds is 4. The van der Waals surface area contributed by atoms with Gasteiger partial charge in [0, 0.05) is 36.0 Å². The molecule has 9 heteroatoms. The molecule has 4 rings (SSSR count). The lowest BCUT2D eigenvalue weighted by Crippen LogP contribution is -2.38. The van der Waals surface area contributed by atoms with E-state index in [1.54, 1.807) is 19.2 Å². The van der Waals surface area contributed by atoms with Gasteiger partial charge in [-0.25, -0.2) is 8.78 Å². The van der Waals surface area contributed by atoms with Crippen LogP contribution in [0.2, 0.25) is 0 Å². The van der Waals surface area contributed by atoms with Gasteiger partial charge in [-0.1, -0.05) is 0 Å². The molecule has 3 aromatic rings. The second-order valence-corrected chi connectivity index (χ2v) is 7.25. The molecule has 0 aliphatic carbocycles. The largest absolute Gasteiger partial charge is 0.496 e. The molecule has 1 N–H and O–H groups in total. The third-order valence-electron chi connectivity index (χ3n) is 5.32. The molecule has 31 heavy (non-hydrogen) atoms. The van der Waals surface area contributed by atoms with Crippen molar-refractivity contribution in [2.24, 2.45) is 7.05 Å². The van der Waals surface area contributed by atoms with E-state index < -0.39 is 23.6 Å². The molecule has 1 aliphatic heterocycles. The van der Waals surface area contributed by atoms with Gasteiger partial charge in [-0.2, -0.15) is 5.10 Å². The molecule has 162 valence electrons. The van der Waals surface area contributed by atoms with Crippen LogP contribution in [0.4, 0.5) is 8.78 Å². The lowest BCUT2D eigenvalue weighted by Gasteiger charge is -2.34. The summed E-state index contributed by atoms with van der Waals surface area (Å²) >= 11 is 0. The molecule has 0 fully saturated rings. The zero-order valence-electron chi connectivity index (χ0n) is 17.2. The number of carbonyl (C=O) groups is 1. The van der Waals surface area contributed by atoms with Crippen LogP contribution in [0.1, 0.15) is 27.6 Å². The van der Waals surface area contributed by atoms with E-state index in [0.717, 1.165) is 12.1 Å². The van der Waals surface area contributed by atoms with Crippen molar-refractivity contribution in [3.63, 3.8) is 0 Å². The van der Waals surface area contributed by atoms with Gasteiger partial charge in [0.2, 0.25) is 0 Å². The first-order valence-electron chi connectivity index (χ1n) is 9.54. The molecule has 0 bridgehead atoms. The molecule has 1 aromatic heterocycles. The summed E-state index contributed by atoms with van der Waals surface area (Å²) in [7, 11) is 4.62. The fourth-order valence-corrected chi connectivity index (χ4v) is 3.93. The summed E-state index contributed by atoms with van der Waals surface area (Å²) in [5.74, 6) is -0.958. The molecular weight excluding hydrogens is 408 g/mol. The van der Waals surface area contributed by atoms with Crippen molar-refractivity contribution in [3.05, 3.63) is 64.9 Å². The number of aliphatic hydroxyl groups is 1. The lowest BCUT2D eigenvalue weighted by molar-refractivity contribution is 0.0539. The Hall–Kier alpha value is -3.46. The highest BCUT2D eigenvalue weighted by Gasteiger charge is 2.34. The number of fused-ring (bicyclic) bond motifs is 1. The molecule has 0 radical (unpaired) electrons. The number of hydrogen-bond donors (Lipinski definition) is 1. The second kappa shape index (κ2) is 7.99. The number of halogens is 2. The van der Waals surface area contributed by atoms with Crippen LogP contribution in [0.5, 0.6) is 11.5 Å². The van der Waals surface area contributed by atoms with Crippen LogP contribution in [0.15, 0.2) is 36.5 Å². The number of ether oxygens (including phenoxy) is 2. The van der Waals surface area contributed by atoms with E-state index in [1.807, 2.05) is 0 Å². The summed E-state index contributed by atoms with van der Waals surface area (Å²) in [6.45, 7) is 0.168. The average Bonchev–Trinajstić information content (AvgIpc) is 3.13. The Morgan fingerprint density at radius 2 is 1.87 bits per heavy atom. The van der Waals surface area contributed by atoms with Gasteiger partial charge in [0.25, 0.3) is 5.91 Å². The van der Waals surface area contributed by atoms with Crippen molar-refractivity contribution < 1.29 is 28.2 Å². The topological polar surface area (TPSA) is 76.8 Å². The number of hydrogen-bond acceptors (Lipinski definition) is 5. The quantitative estimate of drug-likeness (QED) is 0.690. The number of methoxy groups -OCH3 is 2. The summed E-state index contributed by atoms with van der Waals surface area (Å²) in [6, 6.07) is 6.52. The van der Waals surface area contributed by atoms with Gasteiger partial charge in [0.05, 0.1) is 32.9 Å². The third-order valence-corrected chi connectivity index (χ3v) is 5.32. The Morgan fingerprint density at radius 3 is 2.55 bits per heavy atom. The van der Waals surface area contributed by atoms with Gasteiger partial charge >= 0.3 is 0 Å². The highest BCUT2D eigenvalue weighted by atomic mass is 19.1. The molecule has 7 nitrogen and oxygen atoms in total. The number of carbonyl (C=O) groups excluding carboxylic acids is 1. The fraction of sp³-hybridized carbons (Fsp3) is 0.273. The number of amides is 1. The van der Waals surface area contributed by atoms with Crippen molar-refractivity contribution in [2.75, 3.05) is 20.8 Å². The molecular formula is C22H21F2N3O4. The maximum atomic E-state index is 14.4. The summed E-state index contributed by atoms with van der Waals surface area (Å²) < 4.78 is 39.9. The third kappa shape index (κ3) is 3.61. The SMILES string of the molecule is COc1ccc(OC)c2c1CN(C(=O)c1cn(C)nc1-c1ccc(F)cc1F)CC2O. The Morgan fingerprint density at radius 1 is 1.16 bits per heavy atom. The predicted octanol–water partition coefficient (Wildman–Crippen LogP) is 3.07. The molecule has 1 unspecified atom stereocenters. The summed E-state index contributed by atoms with van der Waals surface area (Å²) in [5.41, 5.74) is 1.46. The fourth-order valence-electron chi connectivity index (χ4n) is 3.93. The molecule has 0 saturated heterocycles. The van der Waals surface area contributed by atoms with E-state index in [1.165, 1.54) is 36.1 Å². The van der Waals surface area contributed by atoms with Gasteiger partial charge < -0.3 is 19.5 Å². The predicted molar refractivity (Wildman–Crippen MR) is 108 cm³/mol. The summed E-state index contributed by atoms with van der Waals surface area (Å²) in [4.78, 5) is 14.8. The minimum Gasteiger partial charge on any atom is -0.496 e. The van der Waals surface area contributed by atoms with Gasteiger partial charge in [-0.15, -0.1) is 0 Å². The van der Waals surface area contributed by atoms with Gasteiger partial charge in [-0.3, -0.25) is 9.48 Å². The molecule has 0 saturated carbocycles. The summed E-state index contributed by atoms with van der Waals surface area (Å²) in [6.07, 6.45) is 0.478. The molecule has 1 atom stereocenters. The molecule has 2 heterocycles. The van der Waals surface area contributed by atoms with E-state index in [9.17, 15) is 18.7 Å². The highest BCUT2D eigenvalue weighted by molar-refractivity contribution is 6.00. The molecule has 1 aliphatic rings. The normalized spacial score (nSPS) is 15.5. The summed E-state index contributed by atoms with van der Waals surface area (Å²) in [5, 5.41) is 15.0. The standard InChI is InChI=1S/C22H21F2N3O4/c1-26-9-15(21(25-26)13-5-4-12(23)8-16(13)24)22(29)27-10-14-18(30-2)6-7-19(31-3)20(14)17(28)11-27/h4-9,17,28H,10-11H2,1-3H3. The maximum absolute atomic E-state index is 14.4. The maximum Gasteiger partial charge on any atom is 0.258 e. The Labute approximate surface area is 177 Å². The first-order valence-corrected chi connectivity index (χ1v) is 9.54. The lowest BCUT2D eigenvalue weighted by atomic mass is 9.94. The first kappa shape index (κ1) is 20.8. The molecule has 2 aromatic carbocycles. The number of benzene rings is 2. The van der Waals surface area contributed by atoms with E-state index in [0.29, 0.717) is 22.6 Å². The zero-order valence-corrected chi connectivity index (χ0v) is 17.2. The minimum atomic E-state index is -1.000. The Kier molecular flexibility index (Phi) is 5.36.